The van der Waals surface area contributed by atoms with Gasteiger partial charge in [0.15, 0.2) is 0 Å². The number of nitrogens with two attached hydrogens (primary N) is 1. The molecule has 1 aliphatic carbocycles. The molecule has 3 N–H and O–H groups in total. The van der Waals surface area contributed by atoms with Gasteiger partial charge in [0.05, 0.1) is 0 Å². The molecule has 0 spiro atoms. The van der Waals surface area contributed by atoms with Gasteiger partial charge < -0.3 is 16.0 Å². The first-order valence-electron chi connectivity index (χ1n) is 6.27. The number of nitrogens with one attached hydrogen (secondary N) is 1. The molecule has 0 radical (unpaired) electrons. The van der Waals surface area contributed by atoms with Gasteiger partial charge in [0, 0.05) is 12.5 Å². The Kier molecular flexibility index (Phi) is 5.77. The maximum atomic E-state index is 11.9. The fourth-order valence-corrected chi connectivity index (χ4v) is 2.40. The van der Waals surface area contributed by atoms with Crippen molar-refractivity contribution in [1.29, 1.82) is 0 Å². The van der Waals surface area contributed by atoms with Crippen LogP contribution in [0.4, 0.5) is 0 Å². The van der Waals surface area contributed by atoms with E-state index in [2.05, 4.69) is 10.2 Å². The second-order valence-corrected chi connectivity index (χ2v) is 4.98. The maximum absolute atomic E-state index is 11.9. The van der Waals surface area contributed by atoms with Crippen LogP contribution in [0.25, 0.3) is 0 Å². The summed E-state index contributed by atoms with van der Waals surface area (Å²) in [6, 6.07) is 0. The van der Waals surface area contributed by atoms with Crippen molar-refractivity contribution in [2.75, 3.05) is 33.7 Å². The number of amides is 1. The molecule has 1 amide bonds. The van der Waals surface area contributed by atoms with Crippen LogP contribution in [0.2, 0.25) is 0 Å². The Labute approximate surface area is 98.6 Å². The molecule has 1 aliphatic rings. The average Bonchev–Trinajstić information content (AvgIpc) is 2.71. The van der Waals surface area contributed by atoms with E-state index in [1.165, 1.54) is 0 Å². The van der Waals surface area contributed by atoms with Gasteiger partial charge in [0.1, 0.15) is 0 Å². The fourth-order valence-electron chi connectivity index (χ4n) is 2.40. The smallest absolute Gasteiger partial charge is 0.223 e. The molecule has 0 aliphatic heterocycles. The number of nitrogens with zero attached hydrogens (tertiary/aromatic N) is 1. The molecule has 1 saturated carbocycles. The van der Waals surface area contributed by atoms with Crippen LogP contribution >= 0.6 is 0 Å². The zero-order chi connectivity index (χ0) is 12.0. The fraction of sp³-hybridized carbons (Fsp3) is 0.917. The van der Waals surface area contributed by atoms with Crippen LogP contribution in [0.1, 0.15) is 25.7 Å². The van der Waals surface area contributed by atoms with Crippen molar-refractivity contribution < 1.29 is 4.79 Å². The molecule has 94 valence electrons. The van der Waals surface area contributed by atoms with Crippen molar-refractivity contribution >= 4 is 5.91 Å². The molecule has 16 heavy (non-hydrogen) atoms. The zero-order valence-corrected chi connectivity index (χ0v) is 10.5. The van der Waals surface area contributed by atoms with E-state index in [-0.39, 0.29) is 11.8 Å². The SMILES string of the molecule is CN(C)CCCNC(=O)C1CCCC1CN. The number of hydrogen-bond acceptors (Lipinski definition) is 3. The summed E-state index contributed by atoms with van der Waals surface area (Å²) in [4.78, 5) is 14.0. The van der Waals surface area contributed by atoms with Crippen LogP contribution in [0.15, 0.2) is 0 Å². The molecule has 0 bridgehead atoms. The van der Waals surface area contributed by atoms with Crippen molar-refractivity contribution in [3.05, 3.63) is 0 Å². The van der Waals surface area contributed by atoms with E-state index < -0.39 is 0 Å². The maximum Gasteiger partial charge on any atom is 0.223 e. The number of carbonyl (C=O) groups excluding carboxylic acids is 1. The summed E-state index contributed by atoms with van der Waals surface area (Å²) in [6.07, 6.45) is 4.30. The van der Waals surface area contributed by atoms with E-state index in [9.17, 15) is 4.79 Å². The lowest BCUT2D eigenvalue weighted by molar-refractivity contribution is -0.125. The highest BCUT2D eigenvalue weighted by Gasteiger charge is 2.31. The Balaban J connectivity index is 2.19. The molecular weight excluding hydrogens is 202 g/mol. The van der Waals surface area contributed by atoms with Crippen molar-refractivity contribution in [1.82, 2.24) is 10.2 Å². The molecule has 0 aromatic rings. The third-order valence-electron chi connectivity index (χ3n) is 3.38. The third kappa shape index (κ3) is 4.10. The normalized spacial score (nSPS) is 25.0. The van der Waals surface area contributed by atoms with Crippen LogP contribution in [0.5, 0.6) is 0 Å². The first-order chi connectivity index (χ1) is 7.65. The second-order valence-electron chi connectivity index (χ2n) is 4.98. The molecule has 4 heteroatoms. The molecule has 0 saturated heterocycles. The quantitative estimate of drug-likeness (QED) is 0.647. The van der Waals surface area contributed by atoms with Gasteiger partial charge in [-0.2, -0.15) is 0 Å². The predicted octanol–water partition coefficient (Wildman–Crippen LogP) is 0.429. The average molecular weight is 227 g/mol. The van der Waals surface area contributed by atoms with Crippen LogP contribution in [0.3, 0.4) is 0 Å². The van der Waals surface area contributed by atoms with Gasteiger partial charge in [-0.3, -0.25) is 4.79 Å². The molecule has 0 aromatic heterocycles. The van der Waals surface area contributed by atoms with Gasteiger partial charge in [-0.25, -0.2) is 0 Å². The monoisotopic (exact) mass is 227 g/mol. The molecule has 2 unspecified atom stereocenters. The molecule has 2 atom stereocenters. The molecule has 0 heterocycles. The summed E-state index contributed by atoms with van der Waals surface area (Å²) in [5.41, 5.74) is 5.67. The van der Waals surface area contributed by atoms with E-state index in [1.807, 2.05) is 14.1 Å². The summed E-state index contributed by atoms with van der Waals surface area (Å²) >= 11 is 0. The highest BCUT2D eigenvalue weighted by molar-refractivity contribution is 5.79. The highest BCUT2D eigenvalue weighted by Crippen LogP contribution is 2.30. The van der Waals surface area contributed by atoms with Crippen LogP contribution in [0, 0.1) is 11.8 Å². The lowest BCUT2D eigenvalue weighted by Crippen LogP contribution is -2.36. The van der Waals surface area contributed by atoms with E-state index >= 15 is 0 Å². The summed E-state index contributed by atoms with van der Waals surface area (Å²) in [7, 11) is 4.09. The topological polar surface area (TPSA) is 58.4 Å². The predicted molar refractivity (Wildman–Crippen MR) is 66.1 cm³/mol. The summed E-state index contributed by atoms with van der Waals surface area (Å²) < 4.78 is 0. The summed E-state index contributed by atoms with van der Waals surface area (Å²) in [6.45, 7) is 2.45. The van der Waals surface area contributed by atoms with Crippen molar-refractivity contribution in [3.63, 3.8) is 0 Å². The van der Waals surface area contributed by atoms with Gasteiger partial charge in [-0.05, 0) is 52.4 Å². The minimum atomic E-state index is 0.171. The lowest BCUT2D eigenvalue weighted by Gasteiger charge is -2.17. The third-order valence-corrected chi connectivity index (χ3v) is 3.38. The zero-order valence-electron chi connectivity index (χ0n) is 10.5. The van der Waals surface area contributed by atoms with Crippen LogP contribution in [-0.2, 0) is 4.79 Å². The first kappa shape index (κ1) is 13.5. The molecule has 0 aromatic carbocycles. The largest absolute Gasteiger partial charge is 0.356 e. The summed E-state index contributed by atoms with van der Waals surface area (Å²) in [5.74, 6) is 0.796. The van der Waals surface area contributed by atoms with Gasteiger partial charge in [0.25, 0.3) is 0 Å². The molecule has 1 rings (SSSR count). The molecular formula is C12H25N3O. The minimum Gasteiger partial charge on any atom is -0.356 e. The Hall–Kier alpha value is -0.610. The van der Waals surface area contributed by atoms with E-state index in [1.54, 1.807) is 0 Å². The second kappa shape index (κ2) is 6.86. The summed E-state index contributed by atoms with van der Waals surface area (Å²) in [5, 5.41) is 3.02. The Morgan fingerprint density at radius 1 is 1.44 bits per heavy atom. The Bertz CT molecular complexity index is 218. The Morgan fingerprint density at radius 2 is 2.19 bits per heavy atom. The molecule has 4 nitrogen and oxygen atoms in total. The standard InChI is InChI=1S/C12H25N3O/c1-15(2)8-4-7-14-12(16)11-6-3-5-10(11)9-13/h10-11H,3-9,13H2,1-2H3,(H,14,16). The van der Waals surface area contributed by atoms with Crippen molar-refractivity contribution in [2.45, 2.75) is 25.7 Å². The van der Waals surface area contributed by atoms with Gasteiger partial charge in [-0.1, -0.05) is 6.42 Å². The van der Waals surface area contributed by atoms with Gasteiger partial charge in [-0.15, -0.1) is 0 Å². The van der Waals surface area contributed by atoms with Crippen LogP contribution in [-0.4, -0.2) is 44.5 Å². The van der Waals surface area contributed by atoms with E-state index in [0.717, 1.165) is 38.8 Å². The number of rotatable bonds is 6. The van der Waals surface area contributed by atoms with Crippen molar-refractivity contribution in [2.24, 2.45) is 17.6 Å². The van der Waals surface area contributed by atoms with Gasteiger partial charge in [0.2, 0.25) is 5.91 Å². The lowest BCUT2D eigenvalue weighted by atomic mass is 9.95. The molecule has 1 fully saturated rings. The first-order valence-corrected chi connectivity index (χ1v) is 6.27. The van der Waals surface area contributed by atoms with Crippen molar-refractivity contribution in [3.8, 4) is 0 Å². The Morgan fingerprint density at radius 3 is 2.81 bits per heavy atom. The van der Waals surface area contributed by atoms with E-state index in [4.69, 9.17) is 5.73 Å². The minimum absolute atomic E-state index is 0.171. The van der Waals surface area contributed by atoms with E-state index in [0.29, 0.717) is 12.5 Å². The number of carbonyl (C=O) groups is 1. The number of hydrogen-bond donors (Lipinski definition) is 2. The highest BCUT2D eigenvalue weighted by atomic mass is 16.1. The van der Waals surface area contributed by atoms with Crippen LogP contribution < -0.4 is 11.1 Å². The van der Waals surface area contributed by atoms with Gasteiger partial charge >= 0.3 is 0 Å².